The summed E-state index contributed by atoms with van der Waals surface area (Å²) < 4.78 is 6.23. The Kier molecular flexibility index (Phi) is 7.47. The van der Waals surface area contributed by atoms with Crippen molar-refractivity contribution in [2.45, 2.75) is 106 Å². The second-order valence-electron chi connectivity index (χ2n) is 12.0. The van der Waals surface area contributed by atoms with E-state index in [4.69, 9.17) is 4.74 Å². The first-order chi connectivity index (χ1) is 12.3. The summed E-state index contributed by atoms with van der Waals surface area (Å²) in [6, 6.07) is 1.26. The van der Waals surface area contributed by atoms with Gasteiger partial charge in [0.1, 0.15) is 0 Å². The molecule has 2 aliphatic rings. The van der Waals surface area contributed by atoms with Gasteiger partial charge in [-0.05, 0) is 68.2 Å². The molecule has 27 heavy (non-hydrogen) atoms. The van der Waals surface area contributed by atoms with Gasteiger partial charge in [0.15, 0.2) is 0 Å². The quantitative estimate of drug-likeness (QED) is 0.673. The van der Waals surface area contributed by atoms with Crippen molar-refractivity contribution >= 4 is 0 Å². The van der Waals surface area contributed by atoms with Gasteiger partial charge in [-0.15, -0.1) is 0 Å². The minimum absolute atomic E-state index is 0.230. The molecule has 2 aliphatic heterocycles. The van der Waals surface area contributed by atoms with Gasteiger partial charge in [-0.2, -0.15) is 0 Å². The number of hydrogen-bond donors (Lipinski definition) is 1. The first kappa shape index (κ1) is 23.2. The van der Waals surface area contributed by atoms with Gasteiger partial charge in [-0.3, -0.25) is 4.90 Å². The molecule has 3 unspecified atom stereocenters. The number of piperidine rings is 1. The lowest BCUT2D eigenvalue weighted by atomic mass is 9.68. The number of nitrogens with zero attached hydrogens (tertiary/aromatic N) is 1. The Hall–Kier alpha value is -0.120. The van der Waals surface area contributed by atoms with Gasteiger partial charge in [-0.25, -0.2) is 0 Å². The van der Waals surface area contributed by atoms with Gasteiger partial charge in [0, 0.05) is 25.2 Å². The molecule has 2 saturated heterocycles. The van der Waals surface area contributed by atoms with Crippen molar-refractivity contribution in [3.05, 3.63) is 0 Å². The number of hydrogen-bond acceptors (Lipinski definition) is 3. The Bertz CT molecular complexity index is 455. The summed E-state index contributed by atoms with van der Waals surface area (Å²) in [7, 11) is 0. The summed E-state index contributed by atoms with van der Waals surface area (Å²) in [5.74, 6) is 0.804. The van der Waals surface area contributed by atoms with Crippen LogP contribution in [0, 0.1) is 22.2 Å². The van der Waals surface area contributed by atoms with Crippen LogP contribution in [0.25, 0.3) is 0 Å². The van der Waals surface area contributed by atoms with Crippen molar-refractivity contribution in [3.8, 4) is 0 Å². The van der Waals surface area contributed by atoms with Crippen LogP contribution < -0.4 is 5.32 Å². The van der Waals surface area contributed by atoms with Crippen LogP contribution in [-0.4, -0.2) is 49.3 Å². The SMILES string of the molecule is CC(C)N1CCOC(C(C)(C)CCC(C)(C)C2CCC(C(C)(C)C)CN2)C1. The van der Waals surface area contributed by atoms with Crippen LogP contribution in [0.15, 0.2) is 0 Å². The van der Waals surface area contributed by atoms with Crippen LogP contribution in [-0.2, 0) is 4.74 Å². The highest BCUT2D eigenvalue weighted by Crippen LogP contribution is 2.41. The largest absolute Gasteiger partial charge is 0.375 e. The molecule has 3 heteroatoms. The van der Waals surface area contributed by atoms with Crippen molar-refractivity contribution in [2.75, 3.05) is 26.2 Å². The average Bonchev–Trinajstić information content (AvgIpc) is 2.60. The zero-order chi connectivity index (χ0) is 20.5. The Morgan fingerprint density at radius 2 is 1.59 bits per heavy atom. The van der Waals surface area contributed by atoms with E-state index in [0.29, 0.717) is 29.0 Å². The van der Waals surface area contributed by atoms with E-state index in [9.17, 15) is 0 Å². The van der Waals surface area contributed by atoms with Gasteiger partial charge in [0.05, 0.1) is 12.7 Å². The molecule has 2 rings (SSSR count). The van der Waals surface area contributed by atoms with Gasteiger partial charge in [0.2, 0.25) is 0 Å². The predicted octanol–water partition coefficient (Wildman–Crippen LogP) is 5.34. The highest BCUT2D eigenvalue weighted by atomic mass is 16.5. The van der Waals surface area contributed by atoms with E-state index < -0.39 is 0 Å². The molecule has 2 fully saturated rings. The van der Waals surface area contributed by atoms with Gasteiger partial charge in [-0.1, -0.05) is 48.5 Å². The number of ether oxygens (including phenoxy) is 1. The lowest BCUT2D eigenvalue weighted by molar-refractivity contribution is -0.0972. The summed E-state index contributed by atoms with van der Waals surface area (Å²) in [4.78, 5) is 2.58. The Balaban J connectivity index is 1.88. The molecule has 0 bridgehead atoms. The van der Waals surface area contributed by atoms with Crippen LogP contribution in [0.2, 0.25) is 0 Å². The van der Waals surface area contributed by atoms with Crippen molar-refractivity contribution in [1.29, 1.82) is 0 Å². The molecule has 2 heterocycles. The highest BCUT2D eigenvalue weighted by Gasteiger charge is 2.39. The first-order valence-electron chi connectivity index (χ1n) is 11.4. The maximum atomic E-state index is 6.23. The third-order valence-corrected chi connectivity index (χ3v) is 7.70. The first-order valence-corrected chi connectivity index (χ1v) is 11.4. The van der Waals surface area contributed by atoms with Crippen LogP contribution in [0.4, 0.5) is 0 Å². The molecule has 1 N–H and O–H groups in total. The number of rotatable bonds is 6. The fourth-order valence-corrected chi connectivity index (χ4v) is 4.85. The summed E-state index contributed by atoms with van der Waals surface area (Å²) in [5.41, 5.74) is 0.991. The summed E-state index contributed by atoms with van der Waals surface area (Å²) in [6.07, 6.45) is 5.53. The molecule has 0 spiro atoms. The van der Waals surface area contributed by atoms with Gasteiger partial charge in [0.25, 0.3) is 0 Å². The minimum Gasteiger partial charge on any atom is -0.375 e. The monoisotopic (exact) mass is 380 g/mol. The summed E-state index contributed by atoms with van der Waals surface area (Å²) in [6.45, 7) is 25.8. The molecule has 0 aromatic carbocycles. The topological polar surface area (TPSA) is 24.5 Å². The molecule has 3 nitrogen and oxygen atoms in total. The van der Waals surface area contributed by atoms with Gasteiger partial charge < -0.3 is 10.1 Å². The minimum atomic E-state index is 0.230. The van der Waals surface area contributed by atoms with Gasteiger partial charge >= 0.3 is 0 Å². The highest BCUT2D eigenvalue weighted by molar-refractivity contribution is 4.93. The van der Waals surface area contributed by atoms with E-state index in [-0.39, 0.29) is 5.41 Å². The molecule has 0 radical (unpaired) electrons. The molecule has 0 aromatic rings. The second kappa shape index (κ2) is 8.71. The maximum Gasteiger partial charge on any atom is 0.0753 e. The van der Waals surface area contributed by atoms with Crippen molar-refractivity contribution in [3.63, 3.8) is 0 Å². The lowest BCUT2D eigenvalue weighted by Crippen LogP contribution is -2.52. The maximum absolute atomic E-state index is 6.23. The average molecular weight is 381 g/mol. The molecule has 0 aliphatic carbocycles. The fraction of sp³-hybridized carbons (Fsp3) is 1.00. The van der Waals surface area contributed by atoms with E-state index in [1.54, 1.807) is 0 Å². The zero-order valence-corrected chi connectivity index (χ0v) is 19.8. The molecular weight excluding hydrogens is 332 g/mol. The standard InChI is InChI=1S/C24H48N2O/c1-18(2)26-14-15-27-21(17-26)24(8,9)13-12-23(6,7)20-11-10-19(16-25-20)22(3,4)5/h18-21,25H,10-17H2,1-9H3. The van der Waals surface area contributed by atoms with Crippen molar-refractivity contribution < 1.29 is 4.74 Å². The Morgan fingerprint density at radius 3 is 2.11 bits per heavy atom. The second-order valence-corrected chi connectivity index (χ2v) is 12.0. The third-order valence-electron chi connectivity index (χ3n) is 7.70. The smallest absolute Gasteiger partial charge is 0.0753 e. The number of nitrogens with one attached hydrogen (secondary N) is 1. The Morgan fingerprint density at radius 1 is 0.963 bits per heavy atom. The van der Waals surface area contributed by atoms with E-state index in [1.807, 2.05) is 0 Å². The molecule has 0 amide bonds. The van der Waals surface area contributed by atoms with Crippen LogP contribution in [0.5, 0.6) is 0 Å². The van der Waals surface area contributed by atoms with Crippen LogP contribution in [0.1, 0.15) is 88.0 Å². The number of morpholine rings is 1. The fourth-order valence-electron chi connectivity index (χ4n) is 4.85. The zero-order valence-electron chi connectivity index (χ0n) is 19.8. The third kappa shape index (κ3) is 6.18. The normalized spacial score (nSPS) is 29.3. The van der Waals surface area contributed by atoms with Crippen molar-refractivity contribution in [1.82, 2.24) is 10.2 Å². The van der Waals surface area contributed by atoms with E-state index in [1.165, 1.54) is 32.2 Å². The van der Waals surface area contributed by atoms with Crippen molar-refractivity contribution in [2.24, 2.45) is 22.2 Å². The molecule has 0 aromatic heterocycles. The molecular formula is C24H48N2O. The molecule has 3 atom stereocenters. The lowest BCUT2D eigenvalue weighted by Gasteiger charge is -2.46. The van der Waals surface area contributed by atoms with E-state index in [0.717, 1.165) is 25.6 Å². The molecule has 160 valence electrons. The summed E-state index contributed by atoms with van der Waals surface area (Å²) in [5, 5.41) is 3.91. The van der Waals surface area contributed by atoms with Crippen LogP contribution in [0.3, 0.4) is 0 Å². The van der Waals surface area contributed by atoms with Crippen LogP contribution >= 0.6 is 0 Å². The Labute approximate surface area is 170 Å². The summed E-state index contributed by atoms with van der Waals surface area (Å²) >= 11 is 0. The molecule has 0 saturated carbocycles. The van der Waals surface area contributed by atoms with E-state index >= 15 is 0 Å². The van der Waals surface area contributed by atoms with E-state index in [2.05, 4.69) is 72.5 Å². The predicted molar refractivity (Wildman–Crippen MR) is 117 cm³/mol.